The minimum Gasteiger partial charge on any atom is -0.366 e. The van der Waals surface area contributed by atoms with Crippen LogP contribution in [-0.2, 0) is 0 Å². The third-order valence-corrected chi connectivity index (χ3v) is 3.15. The number of carbonyl (C=O) groups is 1. The van der Waals surface area contributed by atoms with Crippen molar-refractivity contribution >= 4 is 23.1 Å². The second kappa shape index (κ2) is 4.24. The van der Waals surface area contributed by atoms with Crippen molar-refractivity contribution in [3.05, 3.63) is 41.9 Å². The van der Waals surface area contributed by atoms with Gasteiger partial charge in [-0.1, -0.05) is 12.1 Å². The number of carbonyl (C=O) groups excluding carboxylic acids is 1. The minimum absolute atomic E-state index is 0.443. The number of aromatic nitrogens is 2. The number of anilines is 3. The Morgan fingerprint density at radius 2 is 2.32 bits per heavy atom. The summed E-state index contributed by atoms with van der Waals surface area (Å²) in [6.45, 7) is 2.49. The van der Waals surface area contributed by atoms with Crippen LogP contribution in [0.4, 0.5) is 17.2 Å². The summed E-state index contributed by atoms with van der Waals surface area (Å²) in [5.41, 5.74) is 8.56. The molecule has 2 heterocycles. The normalized spacial score (nSPS) is 13.0. The van der Waals surface area contributed by atoms with E-state index in [2.05, 4.69) is 15.3 Å². The van der Waals surface area contributed by atoms with Gasteiger partial charge in [0.1, 0.15) is 6.33 Å². The fraction of sp³-hybridized carbons (Fsp3) is 0.154. The Kier molecular flexibility index (Phi) is 2.56. The zero-order valence-electron chi connectivity index (χ0n) is 10.4. The summed E-state index contributed by atoms with van der Waals surface area (Å²) in [4.78, 5) is 21.8. The lowest BCUT2D eigenvalue weighted by molar-refractivity contribution is 0.100. The molecule has 0 spiro atoms. The van der Waals surface area contributed by atoms with Gasteiger partial charge in [0.05, 0.1) is 29.8 Å². The Labute approximate surface area is 110 Å². The Hall–Kier alpha value is -2.63. The van der Waals surface area contributed by atoms with Crippen LogP contribution in [0.25, 0.3) is 0 Å². The summed E-state index contributed by atoms with van der Waals surface area (Å²) < 4.78 is 0. The monoisotopic (exact) mass is 255 g/mol. The highest BCUT2D eigenvalue weighted by Crippen LogP contribution is 2.37. The number of amides is 1. The molecular formula is C13H13N5O. The molecule has 6 heteroatoms. The van der Waals surface area contributed by atoms with Gasteiger partial charge in [0.15, 0.2) is 5.82 Å². The number of fused-ring (bicyclic) bond motifs is 1. The molecule has 0 aliphatic carbocycles. The highest BCUT2D eigenvalue weighted by molar-refractivity contribution is 6.01. The molecule has 96 valence electrons. The summed E-state index contributed by atoms with van der Waals surface area (Å²) in [5.74, 6) is 0.313. The molecule has 0 bridgehead atoms. The van der Waals surface area contributed by atoms with Gasteiger partial charge in [0, 0.05) is 0 Å². The Balaban J connectivity index is 2.17. The van der Waals surface area contributed by atoms with Crippen molar-refractivity contribution in [1.82, 2.24) is 9.97 Å². The molecule has 0 fully saturated rings. The van der Waals surface area contributed by atoms with E-state index in [9.17, 15) is 4.79 Å². The lowest BCUT2D eigenvalue weighted by Gasteiger charge is -2.21. The predicted octanol–water partition coefficient (Wildman–Crippen LogP) is 1.41. The Morgan fingerprint density at radius 3 is 3.11 bits per heavy atom. The van der Waals surface area contributed by atoms with E-state index in [-0.39, 0.29) is 0 Å². The van der Waals surface area contributed by atoms with Crippen LogP contribution in [0.2, 0.25) is 0 Å². The van der Waals surface area contributed by atoms with Gasteiger partial charge in [-0.25, -0.2) is 9.97 Å². The number of hydrogen-bond donors (Lipinski definition) is 2. The van der Waals surface area contributed by atoms with Crippen LogP contribution in [0.15, 0.2) is 30.7 Å². The number of nitrogens with two attached hydrogens (primary N) is 1. The maximum atomic E-state index is 11.6. The summed E-state index contributed by atoms with van der Waals surface area (Å²) in [7, 11) is 0. The highest BCUT2D eigenvalue weighted by atomic mass is 16.1. The number of nitrogens with zero attached hydrogens (tertiary/aromatic N) is 3. The number of para-hydroxylation sites is 1. The molecule has 1 aromatic heterocycles. The van der Waals surface area contributed by atoms with E-state index in [1.807, 2.05) is 24.0 Å². The zero-order chi connectivity index (χ0) is 13.4. The molecule has 0 saturated carbocycles. The molecule has 0 saturated heterocycles. The molecule has 0 radical (unpaired) electrons. The summed E-state index contributed by atoms with van der Waals surface area (Å²) >= 11 is 0. The number of aryl methyl sites for hydroxylation is 1. The average Bonchev–Trinajstić information content (AvgIpc) is 2.82. The maximum Gasteiger partial charge on any atom is 0.250 e. The fourth-order valence-electron chi connectivity index (χ4n) is 2.30. The molecule has 2 aromatic rings. The minimum atomic E-state index is -0.443. The van der Waals surface area contributed by atoms with Crippen LogP contribution < -0.4 is 16.0 Å². The van der Waals surface area contributed by atoms with Gasteiger partial charge >= 0.3 is 0 Å². The van der Waals surface area contributed by atoms with E-state index in [0.29, 0.717) is 12.2 Å². The lowest BCUT2D eigenvalue weighted by atomic mass is 10.1. The van der Waals surface area contributed by atoms with Gasteiger partial charge in [-0.3, -0.25) is 4.79 Å². The topological polar surface area (TPSA) is 84.1 Å². The van der Waals surface area contributed by atoms with Crippen LogP contribution in [0.1, 0.15) is 15.9 Å². The van der Waals surface area contributed by atoms with Crippen LogP contribution in [-0.4, -0.2) is 22.5 Å². The van der Waals surface area contributed by atoms with E-state index < -0.39 is 5.91 Å². The molecule has 0 atom stereocenters. The van der Waals surface area contributed by atoms with Crippen molar-refractivity contribution < 1.29 is 4.79 Å². The lowest BCUT2D eigenvalue weighted by Crippen LogP contribution is -2.23. The third-order valence-electron chi connectivity index (χ3n) is 3.15. The van der Waals surface area contributed by atoms with Crippen molar-refractivity contribution in [3.63, 3.8) is 0 Å². The van der Waals surface area contributed by atoms with Gasteiger partial charge in [-0.15, -0.1) is 0 Å². The van der Waals surface area contributed by atoms with Gasteiger partial charge < -0.3 is 16.0 Å². The van der Waals surface area contributed by atoms with Gasteiger partial charge in [-0.05, 0) is 18.6 Å². The molecule has 1 aliphatic heterocycles. The Bertz CT molecular complexity index is 655. The smallest absolute Gasteiger partial charge is 0.250 e. The van der Waals surface area contributed by atoms with Gasteiger partial charge in [0.2, 0.25) is 0 Å². The van der Waals surface area contributed by atoms with Gasteiger partial charge in [0.25, 0.3) is 5.91 Å². The molecule has 1 aromatic carbocycles. The van der Waals surface area contributed by atoms with E-state index >= 15 is 0 Å². The molecule has 19 heavy (non-hydrogen) atoms. The van der Waals surface area contributed by atoms with Crippen molar-refractivity contribution in [3.8, 4) is 0 Å². The van der Waals surface area contributed by atoms with E-state index in [0.717, 1.165) is 22.8 Å². The molecule has 1 amide bonds. The number of benzene rings is 1. The predicted molar refractivity (Wildman–Crippen MR) is 72.4 cm³/mol. The summed E-state index contributed by atoms with van der Waals surface area (Å²) in [6, 6.07) is 5.49. The van der Waals surface area contributed by atoms with Crippen molar-refractivity contribution in [2.75, 3.05) is 16.9 Å². The van der Waals surface area contributed by atoms with Crippen LogP contribution in [0, 0.1) is 6.92 Å². The summed E-state index contributed by atoms with van der Waals surface area (Å²) in [5, 5.41) is 3.19. The number of primary amides is 1. The molecule has 0 unspecified atom stereocenters. The van der Waals surface area contributed by atoms with E-state index in [1.54, 1.807) is 12.3 Å². The number of hydrogen-bond acceptors (Lipinski definition) is 5. The molecular weight excluding hydrogens is 242 g/mol. The van der Waals surface area contributed by atoms with Gasteiger partial charge in [-0.2, -0.15) is 0 Å². The molecule has 1 aliphatic rings. The second-order valence-corrected chi connectivity index (χ2v) is 4.36. The first-order valence-corrected chi connectivity index (χ1v) is 5.89. The molecule has 3 rings (SSSR count). The fourth-order valence-corrected chi connectivity index (χ4v) is 2.30. The third kappa shape index (κ3) is 1.77. The Morgan fingerprint density at radius 1 is 1.47 bits per heavy atom. The molecule has 6 nitrogen and oxygen atoms in total. The van der Waals surface area contributed by atoms with Crippen LogP contribution >= 0.6 is 0 Å². The zero-order valence-corrected chi connectivity index (χ0v) is 10.4. The SMILES string of the molecule is Cc1cccc(C(N)=O)c1N1CNc2cncnc21. The summed E-state index contributed by atoms with van der Waals surface area (Å²) in [6.07, 6.45) is 3.20. The largest absolute Gasteiger partial charge is 0.366 e. The number of rotatable bonds is 2. The molecule has 3 N–H and O–H groups in total. The van der Waals surface area contributed by atoms with E-state index in [4.69, 9.17) is 5.73 Å². The van der Waals surface area contributed by atoms with Crippen LogP contribution in [0.3, 0.4) is 0 Å². The maximum absolute atomic E-state index is 11.6. The average molecular weight is 255 g/mol. The van der Waals surface area contributed by atoms with Crippen molar-refractivity contribution in [2.45, 2.75) is 6.92 Å². The quantitative estimate of drug-likeness (QED) is 0.847. The first-order valence-electron chi connectivity index (χ1n) is 5.89. The van der Waals surface area contributed by atoms with Crippen LogP contribution in [0.5, 0.6) is 0 Å². The highest BCUT2D eigenvalue weighted by Gasteiger charge is 2.25. The van der Waals surface area contributed by atoms with E-state index in [1.165, 1.54) is 6.33 Å². The number of nitrogens with one attached hydrogen (secondary N) is 1. The van der Waals surface area contributed by atoms with Crippen molar-refractivity contribution in [2.24, 2.45) is 5.73 Å². The van der Waals surface area contributed by atoms with Crippen molar-refractivity contribution in [1.29, 1.82) is 0 Å². The first-order chi connectivity index (χ1) is 9.18. The second-order valence-electron chi connectivity index (χ2n) is 4.36. The standard InChI is InChI=1S/C13H13N5O/c1-8-3-2-4-9(12(14)19)11(8)18-7-17-10-5-15-6-16-13(10)18/h2-6,17H,7H2,1H3,(H2,14,19). The first kappa shape index (κ1) is 11.5.